The van der Waals surface area contributed by atoms with E-state index in [9.17, 15) is 0 Å². The SMILES string of the molecule is CN(C)c1cccc(NN=C(c2ccccc2)c2ccccc2)c1. The zero-order valence-corrected chi connectivity index (χ0v) is 14.0. The van der Waals surface area contributed by atoms with Gasteiger partial charge in [-0.2, -0.15) is 5.10 Å². The molecule has 0 spiro atoms. The van der Waals surface area contributed by atoms with E-state index >= 15 is 0 Å². The van der Waals surface area contributed by atoms with E-state index in [1.165, 1.54) is 0 Å². The van der Waals surface area contributed by atoms with Crippen LogP contribution in [0.1, 0.15) is 11.1 Å². The van der Waals surface area contributed by atoms with Crippen LogP contribution in [0, 0.1) is 0 Å². The predicted molar refractivity (Wildman–Crippen MR) is 103 cm³/mol. The average Bonchev–Trinajstić information content (AvgIpc) is 2.64. The fourth-order valence-corrected chi connectivity index (χ4v) is 2.46. The Kier molecular flexibility index (Phi) is 4.92. The first kappa shape index (κ1) is 15.8. The molecular formula is C21H21N3. The van der Waals surface area contributed by atoms with E-state index in [1.807, 2.05) is 62.6 Å². The largest absolute Gasteiger partial charge is 0.378 e. The van der Waals surface area contributed by atoms with Crippen molar-refractivity contribution in [1.29, 1.82) is 0 Å². The second-order valence-electron chi connectivity index (χ2n) is 5.75. The van der Waals surface area contributed by atoms with Crippen LogP contribution in [-0.2, 0) is 0 Å². The Labute approximate surface area is 143 Å². The van der Waals surface area contributed by atoms with E-state index in [-0.39, 0.29) is 0 Å². The maximum atomic E-state index is 4.68. The lowest BCUT2D eigenvalue weighted by Crippen LogP contribution is -2.09. The van der Waals surface area contributed by atoms with Crippen LogP contribution in [0.4, 0.5) is 11.4 Å². The molecular weight excluding hydrogens is 294 g/mol. The Morgan fingerprint density at radius 3 is 1.88 bits per heavy atom. The van der Waals surface area contributed by atoms with Gasteiger partial charge in [0.25, 0.3) is 0 Å². The van der Waals surface area contributed by atoms with Crippen LogP contribution in [0.15, 0.2) is 90.0 Å². The molecule has 0 unspecified atom stereocenters. The third-order valence-corrected chi connectivity index (χ3v) is 3.75. The Bertz CT molecular complexity index is 767. The van der Waals surface area contributed by atoms with Gasteiger partial charge in [-0.15, -0.1) is 0 Å². The number of rotatable bonds is 5. The number of hydrogen-bond acceptors (Lipinski definition) is 3. The first-order valence-corrected chi connectivity index (χ1v) is 7.96. The second kappa shape index (κ2) is 7.47. The molecule has 0 heterocycles. The molecule has 3 rings (SSSR count). The zero-order valence-electron chi connectivity index (χ0n) is 14.0. The number of benzene rings is 3. The van der Waals surface area contributed by atoms with E-state index in [0.717, 1.165) is 28.2 Å². The summed E-state index contributed by atoms with van der Waals surface area (Å²) in [5.41, 5.74) is 8.39. The maximum Gasteiger partial charge on any atom is 0.0977 e. The molecule has 0 bridgehead atoms. The third-order valence-electron chi connectivity index (χ3n) is 3.75. The summed E-state index contributed by atoms with van der Waals surface area (Å²) in [6.45, 7) is 0. The minimum Gasteiger partial charge on any atom is -0.378 e. The van der Waals surface area contributed by atoms with Gasteiger partial charge in [0.2, 0.25) is 0 Å². The van der Waals surface area contributed by atoms with Gasteiger partial charge in [-0.25, -0.2) is 0 Å². The second-order valence-corrected chi connectivity index (χ2v) is 5.75. The Morgan fingerprint density at radius 2 is 1.33 bits per heavy atom. The molecule has 3 aromatic carbocycles. The van der Waals surface area contributed by atoms with Gasteiger partial charge in [-0.05, 0) is 18.2 Å². The van der Waals surface area contributed by atoms with Crippen LogP contribution in [0.5, 0.6) is 0 Å². The van der Waals surface area contributed by atoms with Crippen molar-refractivity contribution in [2.75, 3.05) is 24.4 Å². The van der Waals surface area contributed by atoms with Crippen LogP contribution < -0.4 is 10.3 Å². The molecule has 0 aliphatic carbocycles. The molecule has 0 aliphatic rings. The summed E-state index contributed by atoms with van der Waals surface area (Å²) in [7, 11) is 4.06. The van der Waals surface area contributed by atoms with Crippen molar-refractivity contribution in [2.45, 2.75) is 0 Å². The summed E-state index contributed by atoms with van der Waals surface area (Å²) >= 11 is 0. The molecule has 0 aromatic heterocycles. The average molecular weight is 315 g/mol. The normalized spacial score (nSPS) is 10.1. The van der Waals surface area contributed by atoms with Gasteiger partial charge in [-0.1, -0.05) is 66.7 Å². The smallest absolute Gasteiger partial charge is 0.0977 e. The van der Waals surface area contributed by atoms with Crippen LogP contribution >= 0.6 is 0 Å². The first-order valence-electron chi connectivity index (χ1n) is 7.96. The lowest BCUT2D eigenvalue weighted by Gasteiger charge is -2.14. The highest BCUT2D eigenvalue weighted by Gasteiger charge is 2.06. The van der Waals surface area contributed by atoms with Crippen molar-refractivity contribution in [2.24, 2.45) is 5.10 Å². The monoisotopic (exact) mass is 315 g/mol. The minimum absolute atomic E-state index is 0.923. The van der Waals surface area contributed by atoms with E-state index in [4.69, 9.17) is 0 Å². The van der Waals surface area contributed by atoms with Crippen LogP contribution in [0.25, 0.3) is 0 Å². The molecule has 0 atom stereocenters. The van der Waals surface area contributed by atoms with Crippen LogP contribution in [0.2, 0.25) is 0 Å². The highest BCUT2D eigenvalue weighted by molar-refractivity contribution is 6.13. The molecule has 0 amide bonds. The summed E-state index contributed by atoms with van der Waals surface area (Å²) in [6, 6.07) is 28.6. The van der Waals surface area contributed by atoms with Crippen molar-refractivity contribution in [3.05, 3.63) is 96.1 Å². The molecule has 1 N–H and O–H groups in total. The van der Waals surface area contributed by atoms with Crippen LogP contribution in [0.3, 0.4) is 0 Å². The highest BCUT2D eigenvalue weighted by atomic mass is 15.3. The summed E-state index contributed by atoms with van der Waals surface area (Å²) in [5, 5.41) is 4.68. The summed E-state index contributed by atoms with van der Waals surface area (Å²) in [6.07, 6.45) is 0. The van der Waals surface area contributed by atoms with Gasteiger partial charge in [0.15, 0.2) is 0 Å². The van der Waals surface area contributed by atoms with Crippen molar-refractivity contribution in [3.8, 4) is 0 Å². The molecule has 120 valence electrons. The topological polar surface area (TPSA) is 27.6 Å². The summed E-state index contributed by atoms with van der Waals surface area (Å²) in [4.78, 5) is 2.07. The van der Waals surface area contributed by atoms with Crippen molar-refractivity contribution in [3.63, 3.8) is 0 Å². The van der Waals surface area contributed by atoms with Crippen molar-refractivity contribution in [1.82, 2.24) is 0 Å². The lowest BCUT2D eigenvalue weighted by atomic mass is 10.0. The van der Waals surface area contributed by atoms with E-state index in [1.54, 1.807) is 0 Å². The molecule has 3 nitrogen and oxygen atoms in total. The molecule has 0 saturated carbocycles. The number of nitrogens with one attached hydrogen (secondary N) is 1. The van der Waals surface area contributed by atoms with Crippen molar-refractivity contribution < 1.29 is 0 Å². The molecule has 0 aliphatic heterocycles. The molecule has 24 heavy (non-hydrogen) atoms. The van der Waals surface area contributed by atoms with E-state index < -0.39 is 0 Å². The van der Waals surface area contributed by atoms with E-state index in [0.29, 0.717) is 0 Å². The molecule has 3 aromatic rings. The Hall–Kier alpha value is -3.07. The predicted octanol–water partition coefficient (Wildman–Crippen LogP) is 4.62. The number of hydrazone groups is 1. The number of anilines is 2. The van der Waals surface area contributed by atoms with Gasteiger partial charge >= 0.3 is 0 Å². The molecule has 3 heteroatoms. The molecule has 0 fully saturated rings. The summed E-state index contributed by atoms with van der Waals surface area (Å²) < 4.78 is 0. The molecule has 0 saturated heterocycles. The van der Waals surface area contributed by atoms with Gasteiger partial charge < -0.3 is 4.90 Å². The minimum atomic E-state index is 0.923. The Balaban J connectivity index is 1.94. The highest BCUT2D eigenvalue weighted by Crippen LogP contribution is 2.18. The van der Waals surface area contributed by atoms with Gasteiger partial charge in [-0.3, -0.25) is 5.43 Å². The van der Waals surface area contributed by atoms with Crippen LogP contribution in [-0.4, -0.2) is 19.8 Å². The fraction of sp³-hybridized carbons (Fsp3) is 0.0952. The quantitative estimate of drug-likeness (QED) is 0.549. The number of nitrogens with zero attached hydrogens (tertiary/aromatic N) is 2. The van der Waals surface area contributed by atoms with Crippen molar-refractivity contribution >= 4 is 17.1 Å². The fourth-order valence-electron chi connectivity index (χ4n) is 2.46. The van der Waals surface area contributed by atoms with E-state index in [2.05, 4.69) is 51.8 Å². The maximum absolute atomic E-state index is 4.68. The Morgan fingerprint density at radius 1 is 0.750 bits per heavy atom. The molecule has 0 radical (unpaired) electrons. The summed E-state index contributed by atoms with van der Waals surface area (Å²) in [5.74, 6) is 0. The first-order chi connectivity index (χ1) is 11.7. The third kappa shape index (κ3) is 3.82. The zero-order chi connectivity index (χ0) is 16.8. The van der Waals surface area contributed by atoms with Gasteiger partial charge in [0.05, 0.1) is 11.4 Å². The standard InChI is InChI=1S/C21H21N3/c1-24(2)20-15-9-14-19(16-20)22-23-21(17-10-5-3-6-11-17)18-12-7-4-8-13-18/h3-16,22H,1-2H3. The lowest BCUT2D eigenvalue weighted by molar-refractivity contribution is 1.13. The van der Waals surface area contributed by atoms with Gasteiger partial charge in [0.1, 0.15) is 0 Å². The van der Waals surface area contributed by atoms with Gasteiger partial charge in [0, 0.05) is 30.9 Å². The number of hydrogen-bond donors (Lipinski definition) is 1.